The molecule has 0 saturated heterocycles. The molecule has 1 aliphatic carbocycles. The van der Waals surface area contributed by atoms with Crippen molar-refractivity contribution in [3.63, 3.8) is 0 Å². The van der Waals surface area contributed by atoms with Crippen LogP contribution < -0.4 is 24.3 Å². The van der Waals surface area contributed by atoms with Gasteiger partial charge in [0.2, 0.25) is 0 Å². The van der Waals surface area contributed by atoms with Gasteiger partial charge >= 0.3 is 5.97 Å². The highest BCUT2D eigenvalue weighted by Gasteiger charge is 2.42. The second kappa shape index (κ2) is 12.8. The minimum atomic E-state index is -0.640. The summed E-state index contributed by atoms with van der Waals surface area (Å²) in [5.41, 5.74) is 4.15. The number of benzene rings is 2. The molecule has 4 rings (SSSR count). The van der Waals surface area contributed by atoms with Crippen LogP contribution >= 0.6 is 15.9 Å². The molecule has 1 N–H and O–H groups in total. The number of nitrogens with one attached hydrogen (secondary N) is 1. The predicted molar refractivity (Wildman–Crippen MR) is 155 cm³/mol. The number of halogens is 1. The topological polar surface area (TPSA) is 92.3 Å². The zero-order valence-corrected chi connectivity index (χ0v) is 25.4. The van der Waals surface area contributed by atoms with Crippen LogP contribution in [-0.2, 0) is 14.3 Å². The normalized spacial score (nSPS) is 18.6. The van der Waals surface area contributed by atoms with Gasteiger partial charge < -0.3 is 29.0 Å². The highest BCUT2D eigenvalue weighted by molar-refractivity contribution is 9.10. The number of Topliss-reactive ketones (excluding diaryl/α,β-unsaturated/α-hetero) is 1. The molecule has 1 aliphatic heterocycles. The van der Waals surface area contributed by atoms with Gasteiger partial charge in [-0.05, 0) is 61.1 Å². The van der Waals surface area contributed by atoms with E-state index < -0.39 is 11.9 Å². The first kappa shape index (κ1) is 29.5. The van der Waals surface area contributed by atoms with E-state index in [1.807, 2.05) is 38.1 Å². The second-order valence-corrected chi connectivity index (χ2v) is 10.7. The number of carbonyl (C=O) groups is 2. The summed E-state index contributed by atoms with van der Waals surface area (Å²) in [5.74, 6) is 1.11. The molecule has 0 spiro atoms. The molecule has 2 atom stereocenters. The summed E-state index contributed by atoms with van der Waals surface area (Å²) < 4.78 is 28.3. The van der Waals surface area contributed by atoms with Gasteiger partial charge in [0.15, 0.2) is 28.8 Å². The number of dihydropyridines is 1. The summed E-state index contributed by atoms with van der Waals surface area (Å²) in [4.78, 5) is 27.5. The molecule has 1 heterocycles. The number of hydrogen-bond acceptors (Lipinski definition) is 8. The van der Waals surface area contributed by atoms with Crippen LogP contribution in [0, 0.1) is 0 Å². The number of esters is 1. The zero-order valence-electron chi connectivity index (χ0n) is 23.8. The van der Waals surface area contributed by atoms with Crippen LogP contribution in [-0.4, -0.2) is 46.8 Å². The molecular formula is C31H36BrNO7. The van der Waals surface area contributed by atoms with E-state index in [4.69, 9.17) is 23.7 Å². The van der Waals surface area contributed by atoms with E-state index in [1.54, 1.807) is 34.5 Å². The first-order valence-electron chi connectivity index (χ1n) is 13.3. The van der Waals surface area contributed by atoms with E-state index in [2.05, 4.69) is 21.2 Å². The summed E-state index contributed by atoms with van der Waals surface area (Å²) in [6.07, 6.45) is 2.54. The third kappa shape index (κ3) is 5.70. The van der Waals surface area contributed by atoms with Crippen molar-refractivity contribution in [2.45, 2.75) is 51.4 Å². The van der Waals surface area contributed by atoms with Gasteiger partial charge in [0.05, 0.1) is 40.6 Å². The lowest BCUT2D eigenvalue weighted by molar-refractivity contribution is -0.139. The Morgan fingerprint density at radius 2 is 1.60 bits per heavy atom. The molecule has 214 valence electrons. The summed E-state index contributed by atoms with van der Waals surface area (Å²) in [6.45, 7) is 4.20. The zero-order chi connectivity index (χ0) is 29.0. The Bertz CT molecular complexity index is 1360. The molecule has 40 heavy (non-hydrogen) atoms. The van der Waals surface area contributed by atoms with Gasteiger partial charge in [-0.1, -0.05) is 35.3 Å². The Balaban J connectivity index is 1.82. The van der Waals surface area contributed by atoms with E-state index in [9.17, 15) is 9.59 Å². The quantitative estimate of drug-likeness (QED) is 0.250. The van der Waals surface area contributed by atoms with Crippen molar-refractivity contribution in [1.82, 2.24) is 5.32 Å². The summed E-state index contributed by atoms with van der Waals surface area (Å²) in [6, 6.07) is 9.37. The largest absolute Gasteiger partial charge is 0.493 e. The molecule has 2 aliphatic rings. The molecule has 0 amide bonds. The van der Waals surface area contributed by atoms with Crippen LogP contribution in [0.25, 0.3) is 0 Å². The van der Waals surface area contributed by atoms with Crippen LogP contribution in [0.2, 0.25) is 0 Å². The van der Waals surface area contributed by atoms with Crippen molar-refractivity contribution in [2.24, 2.45) is 0 Å². The maximum atomic E-state index is 14.0. The van der Waals surface area contributed by atoms with Gasteiger partial charge in [0.1, 0.15) is 0 Å². The smallest absolute Gasteiger partial charge is 0.336 e. The molecule has 2 aromatic carbocycles. The van der Waals surface area contributed by atoms with Crippen molar-refractivity contribution < 1.29 is 33.3 Å². The Morgan fingerprint density at radius 3 is 2.25 bits per heavy atom. The highest BCUT2D eigenvalue weighted by atomic mass is 79.9. The third-order valence-corrected chi connectivity index (χ3v) is 8.16. The van der Waals surface area contributed by atoms with Crippen LogP contribution in [0.4, 0.5) is 0 Å². The average molecular weight is 615 g/mol. The van der Waals surface area contributed by atoms with E-state index in [1.165, 1.54) is 0 Å². The monoisotopic (exact) mass is 613 g/mol. The average Bonchev–Trinajstić information content (AvgIpc) is 2.95. The minimum absolute atomic E-state index is 0.0356. The molecule has 8 nitrogen and oxygen atoms in total. The van der Waals surface area contributed by atoms with Crippen LogP contribution in [0.1, 0.15) is 62.5 Å². The molecular weight excluding hydrogens is 578 g/mol. The van der Waals surface area contributed by atoms with Crippen molar-refractivity contribution in [2.75, 3.05) is 35.0 Å². The van der Waals surface area contributed by atoms with Gasteiger partial charge in [-0.15, -0.1) is 0 Å². The number of allylic oxidation sites excluding steroid dienone is 3. The summed E-state index contributed by atoms with van der Waals surface area (Å²) in [7, 11) is 6.31. The Hall–Kier alpha value is -3.46. The molecule has 2 unspecified atom stereocenters. The maximum absolute atomic E-state index is 14.0. The summed E-state index contributed by atoms with van der Waals surface area (Å²) >= 11 is 3.67. The molecule has 0 aromatic heterocycles. The maximum Gasteiger partial charge on any atom is 0.336 e. The third-order valence-electron chi connectivity index (χ3n) is 7.47. The molecule has 2 aromatic rings. The van der Waals surface area contributed by atoms with Crippen LogP contribution in [0.15, 0.2) is 57.3 Å². The Kier molecular flexibility index (Phi) is 9.45. The Morgan fingerprint density at radius 1 is 0.950 bits per heavy atom. The fraction of sp³-hybridized carbons (Fsp3) is 0.419. The number of ether oxygens (including phenoxy) is 5. The number of hydrogen-bond donors (Lipinski definition) is 1. The standard InChI is InChI=1S/C31H36BrNO7/c1-7-8-11-40-31(35)28-17(2)33-22-12-19(18-9-10-24(36-3)25(14-18)37-4)13-23(34)30(22)29(28)20-15-26(38-5)27(39-6)16-21(20)32/h9-10,14-16,19,29,33H,7-8,11-13H2,1-6H3. The minimum Gasteiger partial charge on any atom is -0.493 e. The number of unbranched alkanes of at least 4 members (excludes halogenated alkanes) is 1. The molecule has 0 fully saturated rings. The first-order chi connectivity index (χ1) is 19.3. The molecule has 9 heteroatoms. The van der Waals surface area contributed by atoms with Crippen molar-refractivity contribution >= 4 is 27.7 Å². The number of ketones is 1. The lowest BCUT2D eigenvalue weighted by atomic mass is 9.71. The van der Waals surface area contributed by atoms with E-state index >= 15 is 0 Å². The van der Waals surface area contributed by atoms with Gasteiger partial charge in [-0.2, -0.15) is 0 Å². The van der Waals surface area contributed by atoms with Crippen molar-refractivity contribution in [3.8, 4) is 23.0 Å². The fourth-order valence-corrected chi connectivity index (χ4v) is 5.99. The number of carbonyl (C=O) groups excluding carboxylic acids is 2. The molecule has 0 saturated carbocycles. The van der Waals surface area contributed by atoms with E-state index in [0.717, 1.165) is 29.7 Å². The number of methoxy groups -OCH3 is 4. The SMILES string of the molecule is CCCCOC(=O)C1=C(C)NC2=C(C(=O)CC(c3ccc(OC)c(OC)c3)C2)C1c1cc(OC)c(OC)cc1Br. The van der Waals surface area contributed by atoms with E-state index in [0.29, 0.717) is 57.3 Å². The Labute approximate surface area is 243 Å². The predicted octanol–water partition coefficient (Wildman–Crippen LogP) is 6.19. The lowest BCUT2D eigenvalue weighted by Gasteiger charge is -2.37. The lowest BCUT2D eigenvalue weighted by Crippen LogP contribution is -2.36. The van der Waals surface area contributed by atoms with Gasteiger partial charge in [-0.3, -0.25) is 4.79 Å². The van der Waals surface area contributed by atoms with Gasteiger partial charge in [0, 0.05) is 33.8 Å². The van der Waals surface area contributed by atoms with Crippen LogP contribution in [0.5, 0.6) is 23.0 Å². The van der Waals surface area contributed by atoms with Gasteiger partial charge in [0.25, 0.3) is 0 Å². The number of rotatable bonds is 10. The van der Waals surface area contributed by atoms with Gasteiger partial charge in [-0.25, -0.2) is 4.79 Å². The van der Waals surface area contributed by atoms with Crippen molar-refractivity contribution in [3.05, 3.63) is 68.5 Å². The fourth-order valence-electron chi connectivity index (χ4n) is 5.44. The molecule has 0 radical (unpaired) electrons. The molecule has 0 bridgehead atoms. The van der Waals surface area contributed by atoms with Crippen LogP contribution in [0.3, 0.4) is 0 Å². The van der Waals surface area contributed by atoms with E-state index in [-0.39, 0.29) is 18.1 Å². The summed E-state index contributed by atoms with van der Waals surface area (Å²) in [5, 5.41) is 3.40. The second-order valence-electron chi connectivity index (χ2n) is 9.85. The highest BCUT2D eigenvalue weighted by Crippen LogP contribution is 2.49. The van der Waals surface area contributed by atoms with Crippen molar-refractivity contribution in [1.29, 1.82) is 0 Å². The first-order valence-corrected chi connectivity index (χ1v) is 14.1.